The van der Waals surface area contributed by atoms with Crippen molar-refractivity contribution in [3.8, 4) is 16.2 Å². The fourth-order valence-corrected chi connectivity index (χ4v) is 3.84. The number of rotatable bonds is 5. The first-order valence-corrected chi connectivity index (χ1v) is 9.15. The molecule has 1 amide bonds. The van der Waals surface area contributed by atoms with Crippen molar-refractivity contribution in [3.63, 3.8) is 0 Å². The second-order valence-corrected chi connectivity index (χ2v) is 7.70. The molecule has 0 saturated carbocycles. The van der Waals surface area contributed by atoms with Crippen molar-refractivity contribution < 1.29 is 27.5 Å². The Hall–Kier alpha value is -2.35. The smallest absolute Gasteiger partial charge is 0.416 e. The van der Waals surface area contributed by atoms with Crippen molar-refractivity contribution in [2.45, 2.75) is 19.5 Å². The van der Waals surface area contributed by atoms with E-state index in [-0.39, 0.29) is 30.0 Å². The molecule has 0 radical (unpaired) electrons. The van der Waals surface area contributed by atoms with Crippen LogP contribution < -0.4 is 4.74 Å². The first-order valence-electron chi connectivity index (χ1n) is 8.33. The molecule has 2 aromatic rings. The highest BCUT2D eigenvalue weighted by molar-refractivity contribution is 7.17. The highest BCUT2D eigenvalue weighted by atomic mass is 32.1. The maximum atomic E-state index is 13.3. The van der Waals surface area contributed by atoms with E-state index < -0.39 is 11.7 Å². The van der Waals surface area contributed by atoms with Crippen molar-refractivity contribution in [1.82, 2.24) is 4.90 Å². The van der Waals surface area contributed by atoms with Crippen molar-refractivity contribution in [3.05, 3.63) is 40.8 Å². The van der Waals surface area contributed by atoms with Gasteiger partial charge in [-0.1, -0.05) is 0 Å². The number of benzene rings is 1. The Kier molecular flexibility index (Phi) is 5.28. The van der Waals surface area contributed by atoms with Gasteiger partial charge in [0.05, 0.1) is 17.0 Å². The Morgan fingerprint density at radius 2 is 2.04 bits per heavy atom. The molecule has 1 atom stereocenters. The van der Waals surface area contributed by atoms with E-state index in [2.05, 4.69) is 0 Å². The van der Waals surface area contributed by atoms with Gasteiger partial charge in [0.25, 0.3) is 0 Å². The lowest BCUT2D eigenvalue weighted by Crippen LogP contribution is -2.20. The number of amides is 1. The van der Waals surface area contributed by atoms with Gasteiger partial charge in [0.15, 0.2) is 5.78 Å². The fraction of sp³-hybridized carbons (Fsp3) is 0.368. The van der Waals surface area contributed by atoms with Gasteiger partial charge in [-0.15, -0.1) is 11.3 Å². The molecule has 2 heterocycles. The summed E-state index contributed by atoms with van der Waals surface area (Å²) in [5, 5.41) is 0. The van der Waals surface area contributed by atoms with Crippen LogP contribution in [0.2, 0.25) is 0 Å². The molecule has 1 saturated heterocycles. The maximum absolute atomic E-state index is 13.3. The quantitative estimate of drug-likeness (QED) is 0.699. The molecule has 1 aromatic heterocycles. The van der Waals surface area contributed by atoms with E-state index in [4.69, 9.17) is 4.74 Å². The predicted molar refractivity (Wildman–Crippen MR) is 96.0 cm³/mol. The number of hydrogen-bond acceptors (Lipinski definition) is 4. The van der Waals surface area contributed by atoms with Crippen molar-refractivity contribution >= 4 is 23.0 Å². The maximum Gasteiger partial charge on any atom is 0.416 e. The van der Waals surface area contributed by atoms with Crippen LogP contribution in [0.25, 0.3) is 10.4 Å². The van der Waals surface area contributed by atoms with Crippen LogP contribution in [0.3, 0.4) is 0 Å². The molecule has 0 N–H and O–H groups in total. The van der Waals surface area contributed by atoms with Crippen LogP contribution in [0.1, 0.15) is 28.6 Å². The van der Waals surface area contributed by atoms with Gasteiger partial charge in [0, 0.05) is 30.8 Å². The van der Waals surface area contributed by atoms with E-state index in [0.29, 0.717) is 28.3 Å². The van der Waals surface area contributed by atoms with Crippen molar-refractivity contribution in [2.24, 2.45) is 5.92 Å². The van der Waals surface area contributed by atoms with E-state index in [1.165, 1.54) is 13.0 Å². The summed E-state index contributed by atoms with van der Waals surface area (Å²) in [4.78, 5) is 25.7. The molecule has 27 heavy (non-hydrogen) atoms. The largest absolute Gasteiger partial charge is 0.493 e. The normalized spacial score (nSPS) is 17.4. The highest BCUT2D eigenvalue weighted by Crippen LogP contribution is 2.38. The fourth-order valence-electron chi connectivity index (χ4n) is 2.95. The molecule has 1 aromatic carbocycles. The molecule has 0 bridgehead atoms. The third-order valence-corrected chi connectivity index (χ3v) is 5.61. The minimum absolute atomic E-state index is 0.00341. The molecule has 1 aliphatic rings. The summed E-state index contributed by atoms with van der Waals surface area (Å²) in [7, 11) is 1.69. The Morgan fingerprint density at radius 1 is 1.30 bits per heavy atom. The predicted octanol–water partition coefficient (Wildman–Crippen LogP) is 4.49. The second kappa shape index (κ2) is 7.34. The number of nitrogens with zero attached hydrogens (tertiary/aromatic N) is 1. The summed E-state index contributed by atoms with van der Waals surface area (Å²) < 4.78 is 45.4. The van der Waals surface area contributed by atoms with E-state index in [1.54, 1.807) is 24.1 Å². The monoisotopic (exact) mass is 397 g/mol. The Balaban J connectivity index is 1.86. The van der Waals surface area contributed by atoms with Gasteiger partial charge in [-0.2, -0.15) is 13.2 Å². The van der Waals surface area contributed by atoms with E-state index in [0.717, 1.165) is 23.5 Å². The number of carbonyl (C=O) groups is 2. The Labute approximate surface area is 158 Å². The third kappa shape index (κ3) is 4.50. The highest BCUT2D eigenvalue weighted by Gasteiger charge is 2.32. The number of carbonyl (C=O) groups excluding carboxylic acids is 2. The van der Waals surface area contributed by atoms with Gasteiger partial charge < -0.3 is 9.64 Å². The second-order valence-electron chi connectivity index (χ2n) is 6.62. The lowest BCUT2D eigenvalue weighted by molar-refractivity contribution is -0.137. The molecule has 0 aliphatic carbocycles. The summed E-state index contributed by atoms with van der Waals surface area (Å²) in [6.07, 6.45) is -4.19. The number of likely N-dealkylation sites (tertiary alicyclic amines) is 1. The van der Waals surface area contributed by atoms with E-state index in [9.17, 15) is 22.8 Å². The Morgan fingerprint density at radius 3 is 2.59 bits per heavy atom. The topological polar surface area (TPSA) is 46.6 Å². The van der Waals surface area contributed by atoms with Gasteiger partial charge in [0.1, 0.15) is 5.75 Å². The lowest BCUT2D eigenvalue weighted by Gasteiger charge is -2.15. The Bertz CT molecular complexity index is 875. The zero-order valence-corrected chi connectivity index (χ0v) is 15.6. The summed E-state index contributed by atoms with van der Waals surface area (Å²) in [6, 6.07) is 6.78. The number of ketones is 1. The number of alkyl halides is 3. The number of thiophene rings is 1. The van der Waals surface area contributed by atoms with Crippen LogP contribution in [0.4, 0.5) is 13.2 Å². The molecule has 0 spiro atoms. The van der Waals surface area contributed by atoms with E-state index in [1.807, 2.05) is 0 Å². The number of halogens is 3. The zero-order valence-electron chi connectivity index (χ0n) is 14.8. The minimum Gasteiger partial charge on any atom is -0.493 e. The van der Waals surface area contributed by atoms with Crippen molar-refractivity contribution in [2.75, 3.05) is 20.2 Å². The molecule has 1 fully saturated rings. The van der Waals surface area contributed by atoms with Crippen LogP contribution in [-0.2, 0) is 11.0 Å². The van der Waals surface area contributed by atoms with Gasteiger partial charge in [-0.25, -0.2) is 0 Å². The third-order valence-electron chi connectivity index (χ3n) is 4.38. The molecule has 144 valence electrons. The number of ether oxygens (including phenoxy) is 1. The first kappa shape index (κ1) is 19.4. The summed E-state index contributed by atoms with van der Waals surface area (Å²) in [5.74, 6) is -0.0838. The van der Waals surface area contributed by atoms with Gasteiger partial charge >= 0.3 is 6.18 Å². The van der Waals surface area contributed by atoms with Crippen LogP contribution in [0, 0.1) is 5.92 Å². The minimum atomic E-state index is -4.52. The van der Waals surface area contributed by atoms with Crippen LogP contribution in [0.5, 0.6) is 5.75 Å². The van der Waals surface area contributed by atoms with E-state index >= 15 is 0 Å². The van der Waals surface area contributed by atoms with Crippen molar-refractivity contribution in [1.29, 1.82) is 0 Å². The lowest BCUT2D eigenvalue weighted by atomic mass is 10.1. The molecule has 8 heteroatoms. The van der Waals surface area contributed by atoms with Crippen LogP contribution in [-0.4, -0.2) is 36.8 Å². The average Bonchev–Trinajstić information content (AvgIpc) is 3.20. The molecule has 1 aliphatic heterocycles. The molecule has 3 rings (SSSR count). The van der Waals surface area contributed by atoms with Crippen LogP contribution >= 0.6 is 11.3 Å². The summed E-state index contributed by atoms with van der Waals surface area (Å²) in [5.41, 5.74) is -0.468. The molecular weight excluding hydrogens is 379 g/mol. The van der Waals surface area contributed by atoms with Crippen LogP contribution in [0.15, 0.2) is 30.3 Å². The SMILES string of the molecule is CC(=O)c1ccc(-c2cc(OCC3CC(=O)N(C)C3)cc(C(F)(F)F)c2)s1. The van der Waals surface area contributed by atoms with Gasteiger partial charge in [0.2, 0.25) is 5.91 Å². The standard InChI is InChI=1S/C19H18F3NO3S/c1-11(24)16-3-4-17(27-16)13-6-14(19(20,21)22)8-15(7-13)26-10-12-5-18(25)23(2)9-12/h3-4,6-8,12H,5,9-10H2,1-2H3. The summed E-state index contributed by atoms with van der Waals surface area (Å²) in [6.45, 7) is 2.10. The van der Waals surface area contributed by atoms with Gasteiger partial charge in [-0.3, -0.25) is 9.59 Å². The molecule has 1 unspecified atom stereocenters. The molecule has 4 nitrogen and oxygen atoms in total. The number of Topliss-reactive ketones (excluding diaryl/α,β-unsaturated/α-hetero) is 1. The number of hydrogen-bond donors (Lipinski definition) is 0. The molecular formula is C19H18F3NO3S. The summed E-state index contributed by atoms with van der Waals surface area (Å²) >= 11 is 1.14. The zero-order chi connectivity index (χ0) is 19.8. The van der Waals surface area contributed by atoms with Gasteiger partial charge in [-0.05, 0) is 42.8 Å². The average molecular weight is 397 g/mol. The first-order chi connectivity index (χ1) is 12.6.